The minimum absolute atomic E-state index is 0.120. The summed E-state index contributed by atoms with van der Waals surface area (Å²) in [7, 11) is 0. The molecule has 0 saturated carbocycles. The second-order valence-electron chi connectivity index (χ2n) is 4.58. The maximum Gasteiger partial charge on any atom is 0.0894 e. The van der Waals surface area contributed by atoms with E-state index in [2.05, 4.69) is 0 Å². The van der Waals surface area contributed by atoms with Crippen molar-refractivity contribution in [2.24, 2.45) is 0 Å². The molecule has 0 aliphatic heterocycles. The van der Waals surface area contributed by atoms with Crippen LogP contribution < -0.4 is 0 Å². The highest BCUT2D eigenvalue weighted by Gasteiger charge is 2.20. The number of rotatable bonds is 6. The zero-order valence-electron chi connectivity index (χ0n) is 11.6. The van der Waals surface area contributed by atoms with Crippen LogP contribution in [0.5, 0.6) is 0 Å². The maximum absolute atomic E-state index is 10.6. The first-order valence-corrected chi connectivity index (χ1v) is 6.89. The summed E-state index contributed by atoms with van der Waals surface area (Å²) in [6, 6.07) is 19.7. The Morgan fingerprint density at radius 2 is 1.50 bits per heavy atom. The second kappa shape index (κ2) is 7.51. The van der Waals surface area contributed by atoms with Gasteiger partial charge >= 0.3 is 0 Å². The number of benzene rings is 2. The maximum atomic E-state index is 10.6. The van der Waals surface area contributed by atoms with E-state index in [-0.39, 0.29) is 5.92 Å². The first-order chi connectivity index (χ1) is 9.83. The largest absolute Gasteiger partial charge is 0.502 e. The fraction of sp³-hybridized carbons (Fsp3) is 0.222. The molecule has 2 aromatic rings. The lowest BCUT2D eigenvalue weighted by molar-refractivity contribution is 0.159. The molecule has 0 saturated heterocycles. The number of hydrogen-bond donors (Lipinski definition) is 1. The topological polar surface area (TPSA) is 29.5 Å². The molecule has 2 atom stereocenters. The van der Waals surface area contributed by atoms with Crippen LogP contribution in [0.1, 0.15) is 30.1 Å². The van der Waals surface area contributed by atoms with E-state index in [0.717, 1.165) is 11.1 Å². The molecule has 0 radical (unpaired) electrons. The third-order valence-corrected chi connectivity index (χ3v) is 3.21. The standard InChI is InChI=1S/C18H20O2/c1-2-20-14-13-17(15-9-5-3-6-10-15)18(19)16-11-7-4-8-12-16/h3-14,17-19H,2H2,1H3/b14-13+. The third-order valence-electron chi connectivity index (χ3n) is 3.21. The highest BCUT2D eigenvalue weighted by Crippen LogP contribution is 2.31. The van der Waals surface area contributed by atoms with E-state index in [1.807, 2.05) is 73.7 Å². The van der Waals surface area contributed by atoms with Gasteiger partial charge in [0.1, 0.15) is 0 Å². The molecule has 0 spiro atoms. The summed E-state index contributed by atoms with van der Waals surface area (Å²) in [6.07, 6.45) is 3.00. The summed E-state index contributed by atoms with van der Waals surface area (Å²) in [6.45, 7) is 2.56. The van der Waals surface area contributed by atoms with E-state index in [9.17, 15) is 5.11 Å². The Hall–Kier alpha value is -2.06. The fourth-order valence-corrected chi connectivity index (χ4v) is 2.17. The average Bonchev–Trinajstić information content (AvgIpc) is 2.53. The Kier molecular flexibility index (Phi) is 5.39. The van der Waals surface area contributed by atoms with E-state index in [0.29, 0.717) is 6.61 Å². The molecule has 2 aromatic carbocycles. The molecule has 2 rings (SSSR count). The van der Waals surface area contributed by atoms with Crippen LogP contribution in [0, 0.1) is 0 Å². The van der Waals surface area contributed by atoms with Gasteiger partial charge in [-0.05, 0) is 24.1 Å². The molecule has 0 amide bonds. The molecule has 2 heteroatoms. The van der Waals surface area contributed by atoms with Crippen molar-refractivity contribution in [2.75, 3.05) is 6.61 Å². The molecule has 2 nitrogen and oxygen atoms in total. The summed E-state index contributed by atoms with van der Waals surface area (Å²) < 4.78 is 5.28. The van der Waals surface area contributed by atoms with Crippen LogP contribution in [-0.2, 0) is 4.74 Å². The third kappa shape index (κ3) is 3.72. The Morgan fingerprint density at radius 1 is 0.950 bits per heavy atom. The van der Waals surface area contributed by atoms with Crippen LogP contribution in [0.15, 0.2) is 73.0 Å². The van der Waals surface area contributed by atoms with Gasteiger partial charge in [0.15, 0.2) is 0 Å². The monoisotopic (exact) mass is 268 g/mol. The smallest absolute Gasteiger partial charge is 0.0894 e. The van der Waals surface area contributed by atoms with Gasteiger partial charge in [0.25, 0.3) is 0 Å². The van der Waals surface area contributed by atoms with Crippen LogP contribution >= 0.6 is 0 Å². The van der Waals surface area contributed by atoms with E-state index in [4.69, 9.17) is 4.74 Å². The predicted octanol–water partition coefficient (Wildman–Crippen LogP) is 4.05. The van der Waals surface area contributed by atoms with Crippen molar-refractivity contribution >= 4 is 0 Å². The Balaban J connectivity index is 2.27. The molecular weight excluding hydrogens is 248 g/mol. The van der Waals surface area contributed by atoms with Crippen LogP contribution in [0.4, 0.5) is 0 Å². The minimum Gasteiger partial charge on any atom is -0.502 e. The first-order valence-electron chi connectivity index (χ1n) is 6.89. The SMILES string of the molecule is CCO/C=C/C(c1ccccc1)C(O)c1ccccc1. The lowest BCUT2D eigenvalue weighted by atomic mass is 9.89. The zero-order valence-corrected chi connectivity index (χ0v) is 11.6. The lowest BCUT2D eigenvalue weighted by Crippen LogP contribution is -2.09. The van der Waals surface area contributed by atoms with Crippen LogP contribution in [0.25, 0.3) is 0 Å². The highest BCUT2D eigenvalue weighted by atomic mass is 16.5. The normalized spacial score (nSPS) is 14.1. The number of hydrogen-bond acceptors (Lipinski definition) is 2. The molecule has 2 unspecified atom stereocenters. The molecule has 0 aliphatic rings. The Bertz CT molecular complexity index is 520. The van der Waals surface area contributed by atoms with Crippen molar-refractivity contribution in [1.82, 2.24) is 0 Å². The van der Waals surface area contributed by atoms with Crippen molar-refractivity contribution < 1.29 is 9.84 Å². The van der Waals surface area contributed by atoms with Gasteiger partial charge < -0.3 is 9.84 Å². The van der Waals surface area contributed by atoms with Crippen molar-refractivity contribution in [3.8, 4) is 0 Å². The first kappa shape index (κ1) is 14.4. The molecule has 0 aliphatic carbocycles. The van der Waals surface area contributed by atoms with Gasteiger partial charge in [0.05, 0.1) is 19.0 Å². The molecule has 0 heterocycles. The summed E-state index contributed by atoms with van der Waals surface area (Å²) in [4.78, 5) is 0. The van der Waals surface area contributed by atoms with Crippen molar-refractivity contribution in [3.05, 3.63) is 84.1 Å². The molecule has 0 aromatic heterocycles. The highest BCUT2D eigenvalue weighted by molar-refractivity contribution is 5.30. The van der Waals surface area contributed by atoms with Crippen LogP contribution in [0.3, 0.4) is 0 Å². The lowest BCUT2D eigenvalue weighted by Gasteiger charge is -2.20. The van der Waals surface area contributed by atoms with Gasteiger partial charge in [-0.1, -0.05) is 60.7 Å². The predicted molar refractivity (Wildman–Crippen MR) is 81.4 cm³/mol. The number of ether oxygens (including phenoxy) is 1. The molecule has 104 valence electrons. The van der Waals surface area contributed by atoms with Gasteiger partial charge in [-0.25, -0.2) is 0 Å². The van der Waals surface area contributed by atoms with E-state index in [1.54, 1.807) is 6.26 Å². The van der Waals surface area contributed by atoms with Gasteiger partial charge in [-0.2, -0.15) is 0 Å². The molecule has 1 N–H and O–H groups in total. The quantitative estimate of drug-likeness (QED) is 0.801. The summed E-state index contributed by atoms with van der Waals surface area (Å²) in [5.74, 6) is -0.120. The van der Waals surface area contributed by atoms with Gasteiger partial charge in [0.2, 0.25) is 0 Å². The van der Waals surface area contributed by atoms with Crippen LogP contribution in [0.2, 0.25) is 0 Å². The van der Waals surface area contributed by atoms with E-state index in [1.165, 1.54) is 0 Å². The van der Waals surface area contributed by atoms with Crippen molar-refractivity contribution in [1.29, 1.82) is 0 Å². The van der Waals surface area contributed by atoms with Gasteiger partial charge in [-0.3, -0.25) is 0 Å². The van der Waals surface area contributed by atoms with Crippen molar-refractivity contribution in [3.63, 3.8) is 0 Å². The molecule has 0 fully saturated rings. The average molecular weight is 268 g/mol. The Labute approximate surface area is 120 Å². The minimum atomic E-state index is -0.588. The summed E-state index contributed by atoms with van der Waals surface area (Å²) in [5.41, 5.74) is 1.97. The number of aliphatic hydroxyl groups excluding tert-OH is 1. The molecule has 20 heavy (non-hydrogen) atoms. The van der Waals surface area contributed by atoms with Gasteiger partial charge in [-0.15, -0.1) is 0 Å². The second-order valence-corrected chi connectivity index (χ2v) is 4.58. The van der Waals surface area contributed by atoms with Gasteiger partial charge in [0, 0.05) is 5.92 Å². The summed E-state index contributed by atoms with van der Waals surface area (Å²) in [5, 5.41) is 10.6. The van der Waals surface area contributed by atoms with Crippen molar-refractivity contribution in [2.45, 2.75) is 18.9 Å². The van der Waals surface area contributed by atoms with E-state index >= 15 is 0 Å². The summed E-state index contributed by atoms with van der Waals surface area (Å²) >= 11 is 0. The number of aliphatic hydroxyl groups is 1. The Morgan fingerprint density at radius 3 is 2.05 bits per heavy atom. The van der Waals surface area contributed by atoms with E-state index < -0.39 is 6.10 Å². The fourth-order valence-electron chi connectivity index (χ4n) is 2.17. The van der Waals surface area contributed by atoms with Crippen LogP contribution in [-0.4, -0.2) is 11.7 Å². The molecule has 0 bridgehead atoms. The molecular formula is C18H20O2. The zero-order chi connectivity index (χ0) is 14.2.